The lowest BCUT2D eigenvalue weighted by Gasteiger charge is -2.02. The number of aromatic carboxylic acids is 1. The Kier molecular flexibility index (Phi) is 10.2. The SMILES string of the molecule is CCc1ccc(C(=O)O)cc1.O=C(O)CCC(C[P+](=O)O)C(=O)O. The average molecular weight is 359 g/mol. The molecule has 0 saturated heterocycles. The lowest BCUT2D eigenvalue weighted by Crippen LogP contribution is -2.17. The van der Waals surface area contributed by atoms with Crippen LogP contribution in [0.25, 0.3) is 0 Å². The van der Waals surface area contributed by atoms with Crippen LogP contribution in [0.5, 0.6) is 0 Å². The molecule has 0 spiro atoms. The van der Waals surface area contributed by atoms with Crippen molar-refractivity contribution in [2.75, 3.05) is 6.16 Å². The molecule has 0 aliphatic heterocycles. The van der Waals surface area contributed by atoms with E-state index in [0.29, 0.717) is 5.56 Å². The van der Waals surface area contributed by atoms with E-state index in [0.717, 1.165) is 12.0 Å². The summed E-state index contributed by atoms with van der Waals surface area (Å²) in [5, 5.41) is 25.3. The second kappa shape index (κ2) is 11.3. The van der Waals surface area contributed by atoms with E-state index in [1.54, 1.807) is 12.1 Å². The fourth-order valence-corrected chi connectivity index (χ4v) is 2.38. The fourth-order valence-electron chi connectivity index (χ4n) is 1.66. The van der Waals surface area contributed by atoms with Crippen molar-refractivity contribution >= 4 is 25.9 Å². The van der Waals surface area contributed by atoms with Crippen LogP contribution >= 0.6 is 8.03 Å². The topological polar surface area (TPSA) is 149 Å². The maximum atomic E-state index is 10.4. The second-order valence-corrected chi connectivity index (χ2v) is 5.93. The summed E-state index contributed by atoms with van der Waals surface area (Å²) in [7, 11) is -2.53. The van der Waals surface area contributed by atoms with Gasteiger partial charge in [-0.25, -0.2) is 4.79 Å². The standard InChI is InChI=1S/C9H10O2.C6H9O6P/c1-2-7-3-5-8(6-4-7)9(10)11;7-5(8)2-1-4(6(9)10)3-13(11)12/h3-6H,2H2,1H3,(H,10,11);4H,1-3H2,(H2-,7,8,9,10,11,12)/p+1. The molecule has 0 heterocycles. The Bertz CT molecular complexity index is 582. The van der Waals surface area contributed by atoms with Crippen molar-refractivity contribution in [3.05, 3.63) is 35.4 Å². The summed E-state index contributed by atoms with van der Waals surface area (Å²) in [5.74, 6) is -4.27. The van der Waals surface area contributed by atoms with E-state index in [1.807, 2.05) is 19.1 Å². The van der Waals surface area contributed by atoms with Crippen LogP contribution in [0.3, 0.4) is 0 Å². The third-order valence-electron chi connectivity index (χ3n) is 3.04. The Morgan fingerprint density at radius 2 is 1.62 bits per heavy atom. The Morgan fingerprint density at radius 3 is 1.96 bits per heavy atom. The number of carbonyl (C=O) groups is 3. The van der Waals surface area contributed by atoms with E-state index in [9.17, 15) is 18.9 Å². The molecule has 0 aliphatic carbocycles. The molecule has 0 aromatic heterocycles. The van der Waals surface area contributed by atoms with Crippen molar-refractivity contribution in [1.82, 2.24) is 0 Å². The van der Waals surface area contributed by atoms with Crippen LogP contribution in [-0.4, -0.2) is 44.3 Å². The summed E-state index contributed by atoms with van der Waals surface area (Å²) in [4.78, 5) is 39.3. The number of aliphatic carboxylic acids is 2. The Labute approximate surface area is 139 Å². The van der Waals surface area contributed by atoms with Gasteiger partial charge in [0, 0.05) is 6.42 Å². The number of hydrogen-bond donors (Lipinski definition) is 4. The molecule has 132 valence electrons. The van der Waals surface area contributed by atoms with E-state index in [-0.39, 0.29) is 12.8 Å². The number of carboxylic acid groups (broad SMARTS) is 3. The molecular formula is C15H20O8P+. The molecule has 0 fully saturated rings. The van der Waals surface area contributed by atoms with Gasteiger partial charge in [0.2, 0.25) is 0 Å². The van der Waals surface area contributed by atoms with E-state index in [2.05, 4.69) is 0 Å². The molecule has 0 bridgehead atoms. The van der Waals surface area contributed by atoms with Crippen LogP contribution in [0.2, 0.25) is 0 Å². The summed E-state index contributed by atoms with van der Waals surface area (Å²) in [6.45, 7) is 2.04. The maximum absolute atomic E-state index is 10.4. The zero-order valence-corrected chi connectivity index (χ0v) is 14.0. The lowest BCUT2D eigenvalue weighted by molar-refractivity contribution is -0.142. The monoisotopic (exact) mass is 359 g/mol. The van der Waals surface area contributed by atoms with Gasteiger partial charge in [0.05, 0.1) is 5.56 Å². The molecule has 24 heavy (non-hydrogen) atoms. The smallest absolute Gasteiger partial charge is 0.481 e. The van der Waals surface area contributed by atoms with Gasteiger partial charge in [0.1, 0.15) is 5.92 Å². The van der Waals surface area contributed by atoms with Crippen LogP contribution in [0, 0.1) is 5.92 Å². The first kappa shape index (κ1) is 21.7. The highest BCUT2D eigenvalue weighted by molar-refractivity contribution is 7.38. The molecule has 0 aliphatic rings. The third-order valence-corrected chi connectivity index (χ3v) is 3.79. The second-order valence-electron chi connectivity index (χ2n) is 4.86. The third kappa shape index (κ3) is 9.66. The van der Waals surface area contributed by atoms with Crippen molar-refractivity contribution in [2.24, 2.45) is 5.92 Å². The summed E-state index contributed by atoms with van der Waals surface area (Å²) in [5.41, 5.74) is 1.51. The minimum atomic E-state index is -2.53. The largest absolute Gasteiger partial charge is 0.506 e. The highest BCUT2D eigenvalue weighted by Crippen LogP contribution is 2.21. The van der Waals surface area contributed by atoms with Crippen molar-refractivity contribution in [2.45, 2.75) is 26.2 Å². The summed E-state index contributed by atoms with van der Waals surface area (Å²) < 4.78 is 10.3. The van der Waals surface area contributed by atoms with Gasteiger partial charge in [-0.1, -0.05) is 19.1 Å². The molecular weight excluding hydrogens is 339 g/mol. The van der Waals surface area contributed by atoms with E-state index < -0.39 is 38.0 Å². The Hall–Kier alpha value is -2.31. The molecule has 9 heteroatoms. The van der Waals surface area contributed by atoms with Crippen LogP contribution in [0.1, 0.15) is 35.7 Å². The molecule has 0 amide bonds. The van der Waals surface area contributed by atoms with Gasteiger partial charge in [-0.2, -0.15) is 4.89 Å². The number of benzene rings is 1. The van der Waals surface area contributed by atoms with Crippen LogP contribution < -0.4 is 0 Å². The number of carboxylic acids is 3. The first-order chi connectivity index (χ1) is 11.2. The zero-order valence-electron chi connectivity index (χ0n) is 13.1. The van der Waals surface area contributed by atoms with E-state index in [1.165, 1.54) is 0 Å². The van der Waals surface area contributed by atoms with Gasteiger partial charge >= 0.3 is 25.9 Å². The normalized spacial score (nSPS) is 11.7. The molecule has 1 aromatic carbocycles. The number of aryl methyl sites for hydroxylation is 1. The molecule has 1 rings (SSSR count). The predicted molar refractivity (Wildman–Crippen MR) is 85.5 cm³/mol. The summed E-state index contributed by atoms with van der Waals surface area (Å²) in [6, 6.07) is 6.93. The van der Waals surface area contributed by atoms with Crippen LogP contribution in [0.15, 0.2) is 24.3 Å². The Balaban J connectivity index is 0.000000446. The van der Waals surface area contributed by atoms with Gasteiger partial charge in [-0.05, 0) is 35.1 Å². The highest BCUT2D eigenvalue weighted by atomic mass is 31.1. The van der Waals surface area contributed by atoms with Crippen molar-refractivity contribution in [3.63, 3.8) is 0 Å². The molecule has 0 radical (unpaired) electrons. The first-order valence-electron chi connectivity index (χ1n) is 7.07. The van der Waals surface area contributed by atoms with E-state index in [4.69, 9.17) is 20.2 Å². The zero-order chi connectivity index (χ0) is 18.7. The van der Waals surface area contributed by atoms with Gasteiger partial charge in [0.15, 0.2) is 6.16 Å². The predicted octanol–water partition coefficient (Wildman–Crippen LogP) is 2.23. The van der Waals surface area contributed by atoms with Crippen molar-refractivity contribution in [1.29, 1.82) is 0 Å². The number of rotatable bonds is 8. The minimum Gasteiger partial charge on any atom is -0.481 e. The number of hydrogen-bond acceptors (Lipinski definition) is 4. The maximum Gasteiger partial charge on any atom is 0.506 e. The van der Waals surface area contributed by atoms with Gasteiger partial charge in [0.25, 0.3) is 0 Å². The summed E-state index contributed by atoms with van der Waals surface area (Å²) in [6.07, 6.45) is 0.129. The van der Waals surface area contributed by atoms with Crippen LogP contribution in [-0.2, 0) is 20.6 Å². The molecule has 4 N–H and O–H groups in total. The lowest BCUT2D eigenvalue weighted by atomic mass is 10.1. The highest BCUT2D eigenvalue weighted by Gasteiger charge is 2.28. The molecule has 8 nitrogen and oxygen atoms in total. The van der Waals surface area contributed by atoms with E-state index >= 15 is 0 Å². The molecule has 0 saturated carbocycles. The quantitative estimate of drug-likeness (QED) is 0.516. The first-order valence-corrected chi connectivity index (χ1v) is 8.47. The minimum absolute atomic E-state index is 0.119. The Morgan fingerprint density at radius 1 is 1.08 bits per heavy atom. The summed E-state index contributed by atoms with van der Waals surface area (Å²) >= 11 is 0. The average Bonchev–Trinajstić information content (AvgIpc) is 2.51. The van der Waals surface area contributed by atoms with Crippen molar-refractivity contribution < 1.29 is 39.2 Å². The molecule has 1 aromatic rings. The van der Waals surface area contributed by atoms with Gasteiger partial charge in [-0.3, -0.25) is 9.59 Å². The molecule has 2 atom stereocenters. The van der Waals surface area contributed by atoms with Crippen LogP contribution in [0.4, 0.5) is 0 Å². The molecule has 2 unspecified atom stereocenters. The van der Waals surface area contributed by atoms with Gasteiger partial charge in [-0.15, -0.1) is 0 Å². The fraction of sp³-hybridized carbons (Fsp3) is 0.400. The van der Waals surface area contributed by atoms with Crippen molar-refractivity contribution in [3.8, 4) is 0 Å². The van der Waals surface area contributed by atoms with Gasteiger partial charge < -0.3 is 15.3 Å².